The molecule has 2 rings (SSSR count). The summed E-state index contributed by atoms with van der Waals surface area (Å²) in [4.78, 5) is 5.77. The van der Waals surface area contributed by atoms with E-state index in [0.29, 0.717) is 4.77 Å². The molecule has 0 saturated heterocycles. The first-order valence-electron chi connectivity index (χ1n) is 5.77. The van der Waals surface area contributed by atoms with Crippen molar-refractivity contribution in [2.75, 3.05) is 0 Å². The highest BCUT2D eigenvalue weighted by atomic mass is 32.1. The van der Waals surface area contributed by atoms with E-state index in [2.05, 4.69) is 36.0 Å². The first kappa shape index (κ1) is 12.4. The quantitative estimate of drug-likeness (QED) is 0.867. The van der Waals surface area contributed by atoms with Crippen molar-refractivity contribution in [1.29, 1.82) is 0 Å². The lowest BCUT2D eigenvalue weighted by molar-refractivity contribution is 0.595. The van der Waals surface area contributed by atoms with Gasteiger partial charge in [0.25, 0.3) is 0 Å². The number of nitrogens with one attached hydrogen (secondary N) is 1. The van der Waals surface area contributed by atoms with E-state index in [1.165, 1.54) is 4.88 Å². The van der Waals surface area contributed by atoms with E-state index in [9.17, 15) is 0 Å². The van der Waals surface area contributed by atoms with Crippen molar-refractivity contribution in [1.82, 2.24) is 19.7 Å². The lowest BCUT2D eigenvalue weighted by atomic mass is 10.3. The largest absolute Gasteiger partial charge is 0.294 e. The van der Waals surface area contributed by atoms with E-state index in [-0.39, 0.29) is 6.04 Å². The number of H-pyrrole nitrogens is 1. The molecule has 0 radical (unpaired) electrons. The van der Waals surface area contributed by atoms with E-state index < -0.39 is 0 Å². The Kier molecular flexibility index (Phi) is 3.73. The standard InChI is InChI=1S/C11H16N4S2/c1-4-8-6-12-10(17-8)7(3)15-9(5-2)13-14-11(15)16/h6-7H,4-5H2,1-3H3,(H,14,16). The Morgan fingerprint density at radius 1 is 1.47 bits per heavy atom. The second-order valence-electron chi connectivity index (χ2n) is 3.86. The van der Waals surface area contributed by atoms with Gasteiger partial charge in [-0.1, -0.05) is 13.8 Å². The fraction of sp³-hybridized carbons (Fsp3) is 0.545. The van der Waals surface area contributed by atoms with Crippen LogP contribution in [-0.2, 0) is 12.8 Å². The van der Waals surface area contributed by atoms with E-state index in [1.54, 1.807) is 11.3 Å². The van der Waals surface area contributed by atoms with Crippen LogP contribution in [0.3, 0.4) is 0 Å². The Hall–Kier alpha value is -1.01. The molecule has 2 aromatic rings. The van der Waals surface area contributed by atoms with E-state index >= 15 is 0 Å². The van der Waals surface area contributed by atoms with Gasteiger partial charge in [-0.15, -0.1) is 11.3 Å². The number of rotatable bonds is 4. The molecule has 1 unspecified atom stereocenters. The van der Waals surface area contributed by atoms with Crippen LogP contribution in [0.15, 0.2) is 6.20 Å². The van der Waals surface area contributed by atoms with Crippen molar-refractivity contribution in [3.63, 3.8) is 0 Å². The first-order valence-corrected chi connectivity index (χ1v) is 7.00. The molecule has 0 saturated carbocycles. The van der Waals surface area contributed by atoms with Crippen LogP contribution in [0, 0.1) is 4.77 Å². The zero-order valence-electron chi connectivity index (χ0n) is 10.2. The van der Waals surface area contributed by atoms with E-state index in [0.717, 1.165) is 23.7 Å². The molecule has 0 fully saturated rings. The molecule has 0 aliphatic carbocycles. The zero-order valence-corrected chi connectivity index (χ0v) is 11.9. The molecule has 0 aliphatic heterocycles. The molecule has 1 atom stereocenters. The Balaban J connectivity index is 2.39. The molecule has 2 heterocycles. The van der Waals surface area contributed by atoms with Gasteiger partial charge in [0, 0.05) is 17.5 Å². The molecule has 0 bridgehead atoms. The van der Waals surface area contributed by atoms with Gasteiger partial charge in [-0.3, -0.25) is 9.67 Å². The van der Waals surface area contributed by atoms with Crippen LogP contribution < -0.4 is 0 Å². The summed E-state index contributed by atoms with van der Waals surface area (Å²) in [7, 11) is 0. The van der Waals surface area contributed by atoms with Gasteiger partial charge < -0.3 is 0 Å². The average molecular weight is 268 g/mol. The molecular formula is C11H16N4S2. The Morgan fingerprint density at radius 2 is 2.24 bits per heavy atom. The van der Waals surface area contributed by atoms with Crippen LogP contribution in [0.5, 0.6) is 0 Å². The summed E-state index contributed by atoms with van der Waals surface area (Å²) in [6.45, 7) is 6.33. The number of hydrogen-bond acceptors (Lipinski definition) is 4. The van der Waals surface area contributed by atoms with Crippen molar-refractivity contribution < 1.29 is 0 Å². The van der Waals surface area contributed by atoms with Crippen molar-refractivity contribution in [2.45, 2.75) is 39.7 Å². The van der Waals surface area contributed by atoms with Crippen molar-refractivity contribution in [2.24, 2.45) is 0 Å². The van der Waals surface area contributed by atoms with Gasteiger partial charge in [0.2, 0.25) is 0 Å². The van der Waals surface area contributed by atoms with Gasteiger partial charge in [-0.2, -0.15) is 5.10 Å². The SMILES string of the molecule is CCc1cnc(C(C)n2c(CC)n[nH]c2=S)s1. The topological polar surface area (TPSA) is 46.5 Å². The van der Waals surface area contributed by atoms with Gasteiger partial charge >= 0.3 is 0 Å². The molecule has 6 heteroatoms. The molecule has 4 nitrogen and oxygen atoms in total. The summed E-state index contributed by atoms with van der Waals surface area (Å²) < 4.78 is 2.72. The minimum atomic E-state index is 0.154. The number of aromatic nitrogens is 4. The molecular weight excluding hydrogens is 252 g/mol. The van der Waals surface area contributed by atoms with Crippen molar-refractivity contribution in [3.8, 4) is 0 Å². The Bertz CT molecular complexity index is 552. The molecule has 1 N–H and O–H groups in total. The van der Waals surface area contributed by atoms with Crippen LogP contribution >= 0.6 is 23.6 Å². The van der Waals surface area contributed by atoms with Crippen LogP contribution in [0.4, 0.5) is 0 Å². The first-order chi connectivity index (χ1) is 8.17. The number of thiazole rings is 1. The number of nitrogens with zero attached hydrogens (tertiary/aromatic N) is 3. The Morgan fingerprint density at radius 3 is 2.82 bits per heavy atom. The normalized spacial score (nSPS) is 12.9. The zero-order chi connectivity index (χ0) is 12.4. The average Bonchev–Trinajstić information content (AvgIpc) is 2.94. The highest BCUT2D eigenvalue weighted by Crippen LogP contribution is 2.24. The maximum absolute atomic E-state index is 5.27. The lowest BCUT2D eigenvalue weighted by Crippen LogP contribution is -2.10. The fourth-order valence-electron chi connectivity index (χ4n) is 1.78. The summed E-state index contributed by atoms with van der Waals surface area (Å²) in [5, 5.41) is 8.17. The smallest absolute Gasteiger partial charge is 0.195 e. The summed E-state index contributed by atoms with van der Waals surface area (Å²) >= 11 is 7.02. The second-order valence-corrected chi connectivity index (χ2v) is 5.40. The van der Waals surface area contributed by atoms with E-state index in [4.69, 9.17) is 12.2 Å². The lowest BCUT2D eigenvalue weighted by Gasteiger charge is -2.12. The fourth-order valence-corrected chi connectivity index (χ4v) is 2.98. The van der Waals surface area contributed by atoms with Gasteiger partial charge in [0.05, 0.1) is 6.04 Å². The van der Waals surface area contributed by atoms with Gasteiger partial charge in [0.15, 0.2) is 4.77 Å². The van der Waals surface area contributed by atoms with Gasteiger partial charge in [-0.05, 0) is 25.6 Å². The minimum Gasteiger partial charge on any atom is -0.294 e. The molecule has 17 heavy (non-hydrogen) atoms. The molecule has 0 aromatic carbocycles. The van der Waals surface area contributed by atoms with Gasteiger partial charge in [0.1, 0.15) is 10.8 Å². The predicted molar refractivity (Wildman–Crippen MR) is 72.1 cm³/mol. The third-order valence-electron chi connectivity index (χ3n) is 2.76. The highest BCUT2D eigenvalue weighted by Gasteiger charge is 2.16. The molecule has 0 spiro atoms. The Labute approximate surface area is 110 Å². The van der Waals surface area contributed by atoms with Crippen LogP contribution in [0.25, 0.3) is 0 Å². The van der Waals surface area contributed by atoms with Crippen LogP contribution in [0.2, 0.25) is 0 Å². The third kappa shape index (κ3) is 2.32. The maximum atomic E-state index is 5.27. The van der Waals surface area contributed by atoms with Crippen molar-refractivity contribution >= 4 is 23.6 Å². The van der Waals surface area contributed by atoms with E-state index in [1.807, 2.05) is 10.8 Å². The summed E-state index contributed by atoms with van der Waals surface area (Å²) in [5.41, 5.74) is 0. The third-order valence-corrected chi connectivity index (χ3v) is 4.36. The molecule has 92 valence electrons. The summed E-state index contributed by atoms with van der Waals surface area (Å²) in [6, 6.07) is 0.154. The second kappa shape index (κ2) is 5.10. The maximum Gasteiger partial charge on any atom is 0.195 e. The van der Waals surface area contributed by atoms with Gasteiger partial charge in [-0.25, -0.2) is 4.98 Å². The number of hydrogen-bond donors (Lipinski definition) is 1. The minimum absolute atomic E-state index is 0.154. The predicted octanol–water partition coefficient (Wildman–Crippen LogP) is 3.13. The summed E-state index contributed by atoms with van der Waals surface area (Å²) in [5.74, 6) is 0.982. The van der Waals surface area contributed by atoms with Crippen LogP contribution in [0.1, 0.15) is 42.5 Å². The highest BCUT2D eigenvalue weighted by molar-refractivity contribution is 7.71. The molecule has 2 aromatic heterocycles. The van der Waals surface area contributed by atoms with Crippen LogP contribution in [-0.4, -0.2) is 19.7 Å². The monoisotopic (exact) mass is 268 g/mol. The molecule has 0 amide bonds. The number of aryl methyl sites for hydroxylation is 2. The number of aromatic amines is 1. The molecule has 0 aliphatic rings. The van der Waals surface area contributed by atoms with Crippen molar-refractivity contribution in [3.05, 3.63) is 26.7 Å². The summed E-state index contributed by atoms with van der Waals surface area (Å²) in [6.07, 6.45) is 3.84.